The van der Waals surface area contributed by atoms with Crippen LogP contribution in [0.5, 0.6) is 0 Å². The van der Waals surface area contributed by atoms with E-state index in [-0.39, 0.29) is 42.5 Å². The molecule has 2 aromatic carbocycles. The van der Waals surface area contributed by atoms with Crippen LogP contribution in [0.4, 0.5) is 15.3 Å². The fourth-order valence-corrected chi connectivity index (χ4v) is 5.42. The monoisotopic (exact) mass is 593 g/mol. The van der Waals surface area contributed by atoms with Gasteiger partial charge in [-0.05, 0) is 54.8 Å². The van der Waals surface area contributed by atoms with Gasteiger partial charge in [0.25, 0.3) is 0 Å². The van der Waals surface area contributed by atoms with Gasteiger partial charge >= 0.3 is 12.1 Å². The Morgan fingerprint density at radius 2 is 1.49 bits per heavy atom. The van der Waals surface area contributed by atoms with Gasteiger partial charge in [-0.25, -0.2) is 9.59 Å². The summed E-state index contributed by atoms with van der Waals surface area (Å²) in [4.78, 5) is 42.0. The Kier molecular flexibility index (Phi) is 13.8. The lowest BCUT2D eigenvalue weighted by molar-refractivity contribution is -0.121. The summed E-state index contributed by atoms with van der Waals surface area (Å²) in [6.07, 6.45) is 2.97. The van der Waals surface area contributed by atoms with Crippen molar-refractivity contribution in [3.63, 3.8) is 0 Å². The molecule has 4 amide bonds. The zero-order chi connectivity index (χ0) is 31.2. The first-order valence-electron chi connectivity index (χ1n) is 15.9. The first kappa shape index (κ1) is 33.9. The van der Waals surface area contributed by atoms with Crippen molar-refractivity contribution in [3.8, 4) is 0 Å². The Balaban J connectivity index is 1.46. The smallest absolute Gasteiger partial charge is 0.409 e. The van der Waals surface area contributed by atoms with Gasteiger partial charge in [0.15, 0.2) is 0 Å². The minimum atomic E-state index is -0.333. The zero-order valence-electron chi connectivity index (χ0n) is 26.7. The van der Waals surface area contributed by atoms with Gasteiger partial charge in [0.2, 0.25) is 5.91 Å². The summed E-state index contributed by atoms with van der Waals surface area (Å²) in [5.74, 6) is 0.519. The molecule has 9 heteroatoms. The van der Waals surface area contributed by atoms with E-state index in [1.165, 1.54) is 0 Å². The number of anilines is 1. The predicted molar refractivity (Wildman–Crippen MR) is 172 cm³/mol. The van der Waals surface area contributed by atoms with E-state index in [0.717, 1.165) is 61.3 Å². The number of hydrogen-bond donors (Lipinski definition) is 3. The van der Waals surface area contributed by atoms with E-state index < -0.39 is 0 Å². The number of hydrogen-bond acceptors (Lipinski definition) is 5. The second-order valence-electron chi connectivity index (χ2n) is 11.8. The number of urea groups is 1. The van der Waals surface area contributed by atoms with Crippen molar-refractivity contribution in [1.82, 2.24) is 20.4 Å². The summed E-state index contributed by atoms with van der Waals surface area (Å²) in [6.45, 7) is 15.0. The Labute approximate surface area is 257 Å². The molecule has 1 aliphatic heterocycles. The van der Waals surface area contributed by atoms with E-state index in [2.05, 4.69) is 60.7 Å². The molecule has 3 rings (SSSR count). The lowest BCUT2D eigenvalue weighted by Crippen LogP contribution is -2.49. The molecule has 2 aromatic rings. The van der Waals surface area contributed by atoms with Crippen LogP contribution in [0.25, 0.3) is 0 Å². The number of unbranched alkanes of at least 4 members (excludes halogenated alkanes) is 2. The second kappa shape index (κ2) is 17.5. The molecule has 1 fully saturated rings. The first-order valence-corrected chi connectivity index (χ1v) is 15.9. The van der Waals surface area contributed by atoms with Crippen LogP contribution >= 0.6 is 0 Å². The molecule has 9 nitrogen and oxygen atoms in total. The number of ether oxygens (including phenoxy) is 1. The number of rotatable bonds is 14. The van der Waals surface area contributed by atoms with Crippen LogP contribution in [0.2, 0.25) is 0 Å². The van der Waals surface area contributed by atoms with Crippen LogP contribution in [-0.2, 0) is 9.53 Å². The number of carbonyl (C=O) groups excluding carboxylic acids is 3. The third-order valence-corrected chi connectivity index (χ3v) is 7.89. The van der Waals surface area contributed by atoms with Gasteiger partial charge in [0.05, 0.1) is 12.6 Å². The molecule has 0 saturated carbocycles. The van der Waals surface area contributed by atoms with Crippen LogP contribution in [-0.4, -0.2) is 73.7 Å². The summed E-state index contributed by atoms with van der Waals surface area (Å²) < 4.78 is 5.09. The van der Waals surface area contributed by atoms with Gasteiger partial charge in [-0.3, -0.25) is 9.69 Å². The molecule has 1 saturated heterocycles. The third-order valence-electron chi connectivity index (χ3n) is 7.89. The second-order valence-corrected chi connectivity index (χ2v) is 11.8. The highest BCUT2D eigenvalue weighted by atomic mass is 16.6. The summed E-state index contributed by atoms with van der Waals surface area (Å²) in [5, 5.41) is 9.23. The maximum Gasteiger partial charge on any atom is 0.409 e. The SMILES string of the molecule is CCOC(=O)N1CCN(CCCCCC(=O)NC(CNC(=O)Nc2c(C(C)C)cccc2C(C)C)c2ccccc2)CC1. The third kappa shape index (κ3) is 10.9. The van der Waals surface area contributed by atoms with Crippen molar-refractivity contribution < 1.29 is 19.1 Å². The molecule has 1 aliphatic rings. The molecule has 236 valence electrons. The van der Waals surface area contributed by atoms with Gasteiger partial charge in [-0.15, -0.1) is 0 Å². The predicted octanol–water partition coefficient (Wildman–Crippen LogP) is 6.25. The summed E-state index contributed by atoms with van der Waals surface area (Å²) in [6, 6.07) is 15.3. The molecule has 0 aliphatic carbocycles. The van der Waals surface area contributed by atoms with E-state index in [4.69, 9.17) is 4.74 Å². The molecule has 43 heavy (non-hydrogen) atoms. The molecule has 0 aromatic heterocycles. The molecule has 1 atom stereocenters. The van der Waals surface area contributed by atoms with E-state index in [1.807, 2.05) is 43.3 Å². The Morgan fingerprint density at radius 1 is 0.837 bits per heavy atom. The lowest BCUT2D eigenvalue weighted by Gasteiger charge is -2.34. The van der Waals surface area contributed by atoms with Crippen LogP contribution in [0, 0.1) is 0 Å². The molecule has 0 bridgehead atoms. The maximum atomic E-state index is 13.1. The van der Waals surface area contributed by atoms with Gasteiger partial charge in [0, 0.05) is 44.8 Å². The topological polar surface area (TPSA) is 103 Å². The summed E-state index contributed by atoms with van der Waals surface area (Å²) in [7, 11) is 0. The van der Waals surface area contributed by atoms with Crippen molar-refractivity contribution in [2.75, 3.05) is 51.2 Å². The molecule has 0 radical (unpaired) electrons. The van der Waals surface area contributed by atoms with Crippen LogP contribution < -0.4 is 16.0 Å². The average Bonchev–Trinajstić information content (AvgIpc) is 2.99. The number of para-hydroxylation sites is 1. The highest BCUT2D eigenvalue weighted by Gasteiger charge is 2.22. The van der Waals surface area contributed by atoms with E-state index >= 15 is 0 Å². The molecule has 0 spiro atoms. The lowest BCUT2D eigenvalue weighted by atomic mass is 9.93. The number of piperazine rings is 1. The summed E-state index contributed by atoms with van der Waals surface area (Å²) in [5.41, 5.74) is 4.02. The largest absolute Gasteiger partial charge is 0.450 e. The molecule has 1 heterocycles. The molecular weight excluding hydrogens is 542 g/mol. The van der Waals surface area contributed by atoms with Crippen molar-refractivity contribution in [1.29, 1.82) is 0 Å². The highest BCUT2D eigenvalue weighted by molar-refractivity contribution is 5.91. The molecule has 3 N–H and O–H groups in total. The quantitative estimate of drug-likeness (QED) is 0.225. The van der Waals surface area contributed by atoms with Gasteiger partial charge in [-0.1, -0.05) is 82.6 Å². The number of benzene rings is 2. The average molecular weight is 594 g/mol. The minimum Gasteiger partial charge on any atom is -0.450 e. The normalized spacial score (nSPS) is 14.4. The Hall–Kier alpha value is -3.59. The Bertz CT molecular complexity index is 1140. The number of nitrogens with zero attached hydrogens (tertiary/aromatic N) is 2. The van der Waals surface area contributed by atoms with Gasteiger partial charge in [-0.2, -0.15) is 0 Å². The van der Waals surface area contributed by atoms with Gasteiger partial charge < -0.3 is 25.6 Å². The van der Waals surface area contributed by atoms with Crippen molar-refractivity contribution in [3.05, 3.63) is 65.2 Å². The summed E-state index contributed by atoms with van der Waals surface area (Å²) >= 11 is 0. The Morgan fingerprint density at radius 3 is 2.09 bits per heavy atom. The zero-order valence-corrected chi connectivity index (χ0v) is 26.7. The van der Waals surface area contributed by atoms with E-state index in [9.17, 15) is 14.4 Å². The van der Waals surface area contributed by atoms with Crippen molar-refractivity contribution in [2.45, 2.75) is 78.2 Å². The van der Waals surface area contributed by atoms with Crippen molar-refractivity contribution in [2.24, 2.45) is 0 Å². The van der Waals surface area contributed by atoms with Crippen LogP contribution in [0.15, 0.2) is 48.5 Å². The van der Waals surface area contributed by atoms with Crippen LogP contribution in [0.1, 0.15) is 94.9 Å². The minimum absolute atomic E-state index is 0.0219. The molecular formula is C34H51N5O4. The highest BCUT2D eigenvalue weighted by Crippen LogP contribution is 2.32. The standard InChI is InChI=1S/C34H51N5O4/c1-6-43-34(42)39-22-20-38(21-23-39)19-12-8-11-18-31(40)36-30(27-14-9-7-10-15-27)24-35-33(41)37-32-28(25(2)3)16-13-17-29(32)26(4)5/h7,9-10,13-17,25-26,30H,6,8,11-12,18-24H2,1-5H3,(H,36,40)(H2,35,37,41). The first-order chi connectivity index (χ1) is 20.7. The van der Waals surface area contributed by atoms with Crippen molar-refractivity contribution >= 4 is 23.7 Å². The van der Waals surface area contributed by atoms with E-state index in [1.54, 1.807) is 4.90 Å². The van der Waals surface area contributed by atoms with Crippen LogP contribution in [0.3, 0.4) is 0 Å². The fourth-order valence-electron chi connectivity index (χ4n) is 5.42. The number of amides is 4. The number of carbonyl (C=O) groups is 3. The maximum absolute atomic E-state index is 13.1. The molecule has 1 unspecified atom stereocenters. The van der Waals surface area contributed by atoms with Gasteiger partial charge in [0.1, 0.15) is 0 Å². The number of nitrogens with one attached hydrogen (secondary N) is 3. The fraction of sp³-hybridized carbons (Fsp3) is 0.559. The van der Waals surface area contributed by atoms with E-state index in [0.29, 0.717) is 26.1 Å².